The molecule has 4 heteroatoms. The zero-order valence-corrected chi connectivity index (χ0v) is 5.23. The van der Waals surface area contributed by atoms with Crippen molar-refractivity contribution in [2.75, 3.05) is 5.84 Å². The first-order chi connectivity index (χ1) is 4.88. The molecule has 0 bridgehead atoms. The number of rotatable bonds is 0. The van der Waals surface area contributed by atoms with Crippen LogP contribution in [0.25, 0.3) is 11.2 Å². The molecule has 0 spiro atoms. The van der Waals surface area contributed by atoms with E-state index in [4.69, 9.17) is 5.84 Å². The minimum absolute atomic E-state index is 0.711. The molecule has 0 radical (unpaired) electrons. The Labute approximate surface area is 57.3 Å². The Morgan fingerprint density at radius 1 is 1.30 bits per heavy atom. The third-order valence-corrected chi connectivity index (χ3v) is 1.34. The lowest BCUT2D eigenvalue weighted by Gasteiger charge is -1.90. The maximum atomic E-state index is 5.49. The molecule has 0 aromatic carbocycles. The van der Waals surface area contributed by atoms with Crippen molar-refractivity contribution in [1.29, 1.82) is 0 Å². The fourth-order valence-electron chi connectivity index (χ4n) is 0.879. The highest BCUT2D eigenvalue weighted by atomic mass is 15.3. The van der Waals surface area contributed by atoms with Crippen LogP contribution in [0.1, 0.15) is 0 Å². The highest BCUT2D eigenvalue weighted by Gasteiger charge is 1.96. The van der Waals surface area contributed by atoms with E-state index in [0.717, 1.165) is 5.52 Å². The molecule has 2 aromatic heterocycles. The lowest BCUT2D eigenvalue weighted by atomic mass is 10.5. The maximum Gasteiger partial charge on any atom is 0.177 e. The molecule has 4 nitrogen and oxygen atoms in total. The summed E-state index contributed by atoms with van der Waals surface area (Å²) in [4.78, 5) is 8.05. The fourth-order valence-corrected chi connectivity index (χ4v) is 0.879. The van der Waals surface area contributed by atoms with Gasteiger partial charge in [-0.05, 0) is 6.07 Å². The molecule has 10 heavy (non-hydrogen) atoms. The monoisotopic (exact) mass is 134 g/mol. The van der Waals surface area contributed by atoms with Gasteiger partial charge in [0.05, 0.1) is 0 Å². The zero-order chi connectivity index (χ0) is 6.97. The number of hydrogen-bond donors (Lipinski definition) is 1. The molecule has 0 aliphatic carbocycles. The molecule has 0 amide bonds. The van der Waals surface area contributed by atoms with Crippen molar-refractivity contribution in [1.82, 2.24) is 14.6 Å². The van der Waals surface area contributed by atoms with Crippen molar-refractivity contribution in [3.63, 3.8) is 0 Å². The van der Waals surface area contributed by atoms with E-state index in [1.165, 1.54) is 4.68 Å². The minimum atomic E-state index is 0.711. The summed E-state index contributed by atoms with van der Waals surface area (Å²) in [7, 11) is 0. The van der Waals surface area contributed by atoms with Gasteiger partial charge in [0.25, 0.3) is 0 Å². The molecule has 0 aliphatic rings. The van der Waals surface area contributed by atoms with Crippen molar-refractivity contribution in [2.45, 2.75) is 0 Å². The van der Waals surface area contributed by atoms with Crippen molar-refractivity contribution < 1.29 is 0 Å². The van der Waals surface area contributed by atoms with Gasteiger partial charge in [-0.15, -0.1) is 0 Å². The molecule has 0 atom stereocenters. The van der Waals surface area contributed by atoms with Crippen LogP contribution in [0.5, 0.6) is 0 Å². The first kappa shape index (κ1) is 5.22. The number of nitrogens with two attached hydrogens (primary N) is 1. The summed E-state index contributed by atoms with van der Waals surface area (Å²) in [6.07, 6.45) is 4.98. The summed E-state index contributed by atoms with van der Waals surface area (Å²) in [5.74, 6) is 5.49. The fraction of sp³-hybridized carbons (Fsp3) is 0. The Morgan fingerprint density at radius 2 is 2.10 bits per heavy atom. The first-order valence-corrected chi connectivity index (χ1v) is 2.91. The quantitative estimate of drug-likeness (QED) is 0.521. The van der Waals surface area contributed by atoms with E-state index >= 15 is 0 Å². The van der Waals surface area contributed by atoms with Crippen LogP contribution in [0, 0.1) is 0 Å². The summed E-state index contributed by atoms with van der Waals surface area (Å²) in [5, 5.41) is 0. The normalized spacial score (nSPS) is 10.4. The second-order valence-electron chi connectivity index (χ2n) is 1.99. The van der Waals surface area contributed by atoms with Gasteiger partial charge in [0.2, 0.25) is 0 Å². The van der Waals surface area contributed by atoms with E-state index in [9.17, 15) is 0 Å². The lowest BCUT2D eigenvalue weighted by molar-refractivity contribution is 1.03. The Balaban J connectivity index is 2.93. The van der Waals surface area contributed by atoms with E-state index < -0.39 is 0 Å². The Hall–Kier alpha value is -1.58. The van der Waals surface area contributed by atoms with Gasteiger partial charge in [0, 0.05) is 18.6 Å². The van der Waals surface area contributed by atoms with Gasteiger partial charge >= 0.3 is 0 Å². The molecular weight excluding hydrogens is 128 g/mol. The Bertz CT molecular complexity index is 351. The second kappa shape index (κ2) is 1.70. The van der Waals surface area contributed by atoms with Crippen LogP contribution in [0.4, 0.5) is 0 Å². The van der Waals surface area contributed by atoms with Gasteiger partial charge in [-0.3, -0.25) is 9.66 Å². The molecule has 0 unspecified atom stereocenters. The third kappa shape index (κ3) is 0.556. The van der Waals surface area contributed by atoms with Gasteiger partial charge in [0.15, 0.2) is 5.65 Å². The van der Waals surface area contributed by atoms with Crippen LogP contribution >= 0.6 is 0 Å². The van der Waals surface area contributed by atoms with Gasteiger partial charge in [-0.25, -0.2) is 4.98 Å². The predicted octanol–water partition coefficient (Wildman–Crippen LogP) is 0.145. The highest BCUT2D eigenvalue weighted by molar-refractivity contribution is 5.70. The van der Waals surface area contributed by atoms with Gasteiger partial charge in [0.1, 0.15) is 5.52 Å². The van der Waals surface area contributed by atoms with E-state index in [-0.39, 0.29) is 0 Å². The van der Waals surface area contributed by atoms with E-state index in [1.807, 2.05) is 6.07 Å². The van der Waals surface area contributed by atoms with E-state index in [0.29, 0.717) is 5.65 Å². The predicted molar refractivity (Wildman–Crippen MR) is 37.7 cm³/mol. The van der Waals surface area contributed by atoms with Gasteiger partial charge in [-0.1, -0.05) is 0 Å². The number of nitrogen functional groups attached to an aromatic ring is 1. The summed E-state index contributed by atoms with van der Waals surface area (Å²) in [5.41, 5.74) is 1.53. The number of aromatic nitrogens is 3. The molecular formula is C6H6N4. The smallest absolute Gasteiger partial charge is 0.177 e. The first-order valence-electron chi connectivity index (χ1n) is 2.91. The minimum Gasteiger partial charge on any atom is -0.338 e. The molecule has 2 N–H and O–H groups in total. The molecule has 0 saturated carbocycles. The average molecular weight is 134 g/mol. The molecule has 0 fully saturated rings. The SMILES string of the molecule is Nn1ccc2nccnc21. The standard InChI is InChI=1S/C6H6N4/c7-10-4-1-5-6(10)9-3-2-8-5/h1-4H,7H2. The Kier molecular flexibility index (Phi) is 0.887. The van der Waals surface area contributed by atoms with Gasteiger partial charge < -0.3 is 5.84 Å². The number of hydrogen-bond acceptors (Lipinski definition) is 3. The van der Waals surface area contributed by atoms with Crippen molar-refractivity contribution in [2.24, 2.45) is 0 Å². The Morgan fingerprint density at radius 3 is 2.90 bits per heavy atom. The summed E-state index contributed by atoms with van der Waals surface area (Å²) in [6.45, 7) is 0. The average Bonchev–Trinajstić information content (AvgIpc) is 2.34. The maximum absolute atomic E-state index is 5.49. The molecule has 0 saturated heterocycles. The van der Waals surface area contributed by atoms with E-state index in [1.54, 1.807) is 18.6 Å². The van der Waals surface area contributed by atoms with E-state index in [2.05, 4.69) is 9.97 Å². The van der Waals surface area contributed by atoms with Crippen molar-refractivity contribution >= 4 is 11.2 Å². The van der Waals surface area contributed by atoms with Crippen LogP contribution in [0.15, 0.2) is 24.7 Å². The molecule has 50 valence electrons. The second-order valence-corrected chi connectivity index (χ2v) is 1.99. The van der Waals surface area contributed by atoms with Crippen LogP contribution in [0.3, 0.4) is 0 Å². The highest BCUT2D eigenvalue weighted by Crippen LogP contribution is 2.04. The number of fused-ring (bicyclic) bond motifs is 1. The summed E-state index contributed by atoms with van der Waals surface area (Å²) < 4.78 is 1.45. The van der Waals surface area contributed by atoms with Gasteiger partial charge in [-0.2, -0.15) is 0 Å². The zero-order valence-electron chi connectivity index (χ0n) is 5.23. The summed E-state index contributed by atoms with van der Waals surface area (Å²) >= 11 is 0. The molecule has 2 heterocycles. The van der Waals surface area contributed by atoms with Crippen molar-refractivity contribution in [3.8, 4) is 0 Å². The van der Waals surface area contributed by atoms with Crippen LogP contribution in [-0.2, 0) is 0 Å². The molecule has 2 rings (SSSR count). The largest absolute Gasteiger partial charge is 0.338 e. The molecule has 0 aliphatic heterocycles. The topological polar surface area (TPSA) is 56.7 Å². The van der Waals surface area contributed by atoms with Crippen molar-refractivity contribution in [3.05, 3.63) is 24.7 Å². The number of nitrogens with zero attached hydrogens (tertiary/aromatic N) is 3. The van der Waals surface area contributed by atoms with Crippen LogP contribution in [-0.4, -0.2) is 14.6 Å². The van der Waals surface area contributed by atoms with Crippen LogP contribution in [0.2, 0.25) is 0 Å². The summed E-state index contributed by atoms with van der Waals surface area (Å²) in [6, 6.07) is 1.82. The molecule has 2 aromatic rings. The lowest BCUT2D eigenvalue weighted by Crippen LogP contribution is -2.06. The third-order valence-electron chi connectivity index (χ3n) is 1.34. The van der Waals surface area contributed by atoms with Crippen LogP contribution < -0.4 is 5.84 Å².